The molecule has 0 aromatic carbocycles. The molecule has 0 spiro atoms. The van der Waals surface area contributed by atoms with Gasteiger partial charge in [0.15, 0.2) is 23.0 Å². The number of carbonyl (C=O) groups is 1. The number of nitrogens with one attached hydrogen (secondary N) is 3. The highest BCUT2D eigenvalue weighted by Crippen LogP contribution is 2.37. The average molecular weight is 299 g/mol. The number of anilines is 3. The fourth-order valence-electron chi connectivity index (χ4n) is 2.40. The van der Waals surface area contributed by atoms with E-state index in [4.69, 9.17) is 5.73 Å². The Kier molecular flexibility index (Phi) is 2.37. The van der Waals surface area contributed by atoms with E-state index in [2.05, 4.69) is 35.2 Å². The van der Waals surface area contributed by atoms with Crippen LogP contribution in [0.15, 0.2) is 17.4 Å². The smallest absolute Gasteiger partial charge is 0.325 e. The normalized spacial score (nSPS) is 13.2. The van der Waals surface area contributed by atoms with Gasteiger partial charge in [-0.3, -0.25) is 9.78 Å². The molecule has 4 heterocycles. The maximum atomic E-state index is 11.6. The standard InChI is InChI=1S/C11H9N9O2/c12-7(21)4-6-9(15-1-13-4)17-3-20(6)10-5-8(14-2-16-10)19-11(22)18-5/h1-2H,3H2,(H2,12,21)(H,13,15,17)(H2,14,16,18,19,22). The molecule has 5 N–H and O–H groups in total. The second-order valence-electron chi connectivity index (χ2n) is 4.55. The summed E-state index contributed by atoms with van der Waals surface area (Å²) in [4.78, 5) is 46.0. The largest absolute Gasteiger partial charge is 0.364 e. The van der Waals surface area contributed by atoms with Crippen molar-refractivity contribution >= 4 is 34.4 Å². The number of fused-ring (bicyclic) bond motifs is 2. The van der Waals surface area contributed by atoms with Gasteiger partial charge in [0.2, 0.25) is 0 Å². The van der Waals surface area contributed by atoms with Crippen LogP contribution in [-0.4, -0.2) is 42.5 Å². The Morgan fingerprint density at radius 1 is 1.18 bits per heavy atom. The van der Waals surface area contributed by atoms with Gasteiger partial charge in [0.25, 0.3) is 5.91 Å². The first kappa shape index (κ1) is 12.3. The number of hydrogen-bond acceptors (Lipinski definition) is 8. The van der Waals surface area contributed by atoms with Gasteiger partial charge in [-0.2, -0.15) is 0 Å². The second-order valence-corrected chi connectivity index (χ2v) is 4.55. The van der Waals surface area contributed by atoms with Crippen LogP contribution in [0.25, 0.3) is 11.2 Å². The van der Waals surface area contributed by atoms with Crippen LogP contribution in [0.2, 0.25) is 0 Å². The van der Waals surface area contributed by atoms with Gasteiger partial charge in [0.1, 0.15) is 23.9 Å². The van der Waals surface area contributed by atoms with Crippen LogP contribution >= 0.6 is 0 Å². The van der Waals surface area contributed by atoms with E-state index in [-0.39, 0.29) is 5.69 Å². The van der Waals surface area contributed by atoms with Crippen molar-refractivity contribution in [2.45, 2.75) is 0 Å². The van der Waals surface area contributed by atoms with E-state index in [9.17, 15) is 9.59 Å². The van der Waals surface area contributed by atoms with Crippen LogP contribution in [-0.2, 0) is 0 Å². The topological polar surface area (TPSA) is 159 Å². The lowest BCUT2D eigenvalue weighted by molar-refractivity contribution is 0.0996. The first-order valence-electron chi connectivity index (χ1n) is 6.24. The number of aromatic nitrogens is 6. The zero-order valence-corrected chi connectivity index (χ0v) is 11.0. The lowest BCUT2D eigenvalue weighted by Gasteiger charge is -2.17. The predicted octanol–water partition coefficient (Wildman–Crippen LogP) is -0.944. The van der Waals surface area contributed by atoms with E-state index in [1.165, 1.54) is 12.7 Å². The third kappa shape index (κ3) is 1.62. The summed E-state index contributed by atoms with van der Waals surface area (Å²) >= 11 is 0. The lowest BCUT2D eigenvalue weighted by atomic mass is 10.3. The molecule has 11 nitrogen and oxygen atoms in total. The minimum absolute atomic E-state index is 0.0691. The molecule has 0 unspecified atom stereocenters. The minimum atomic E-state index is -0.680. The Morgan fingerprint density at radius 2 is 2.00 bits per heavy atom. The van der Waals surface area contributed by atoms with E-state index in [0.29, 0.717) is 35.2 Å². The van der Waals surface area contributed by atoms with Gasteiger partial charge in [-0.15, -0.1) is 0 Å². The van der Waals surface area contributed by atoms with Crippen molar-refractivity contribution in [1.82, 2.24) is 29.9 Å². The number of hydrogen-bond donors (Lipinski definition) is 4. The SMILES string of the molecule is NC(=O)c1ncnc2c1N(c1ncnc3[nH]c(=O)[nH]c13)CN2. The highest BCUT2D eigenvalue weighted by Gasteiger charge is 2.30. The summed E-state index contributed by atoms with van der Waals surface area (Å²) < 4.78 is 0. The minimum Gasteiger partial charge on any atom is -0.364 e. The van der Waals surface area contributed by atoms with Crippen molar-refractivity contribution in [3.05, 3.63) is 28.8 Å². The molecule has 4 rings (SSSR count). The molecule has 0 atom stereocenters. The summed E-state index contributed by atoms with van der Waals surface area (Å²) in [5.41, 5.74) is 6.23. The van der Waals surface area contributed by atoms with E-state index >= 15 is 0 Å². The predicted molar refractivity (Wildman–Crippen MR) is 75.7 cm³/mol. The number of aromatic amines is 2. The Morgan fingerprint density at radius 3 is 2.82 bits per heavy atom. The van der Waals surface area contributed by atoms with Gasteiger partial charge in [-0.05, 0) is 0 Å². The van der Waals surface area contributed by atoms with Gasteiger partial charge in [-0.25, -0.2) is 24.7 Å². The van der Waals surface area contributed by atoms with Gasteiger partial charge >= 0.3 is 5.69 Å². The Hall–Kier alpha value is -3.50. The number of imidazole rings is 1. The Bertz CT molecular complexity index is 960. The number of nitrogens with two attached hydrogens (primary N) is 1. The molecule has 11 heteroatoms. The van der Waals surface area contributed by atoms with E-state index in [0.717, 1.165) is 0 Å². The summed E-state index contributed by atoms with van der Waals surface area (Å²) in [5, 5.41) is 3.02. The molecule has 0 radical (unpaired) electrons. The first-order valence-corrected chi connectivity index (χ1v) is 6.24. The summed E-state index contributed by atoms with van der Waals surface area (Å²) in [6.45, 7) is 0.299. The fraction of sp³-hybridized carbons (Fsp3) is 0.0909. The molecular weight excluding hydrogens is 290 g/mol. The first-order chi connectivity index (χ1) is 10.6. The van der Waals surface area contributed by atoms with E-state index in [1.807, 2.05) is 0 Å². The zero-order valence-electron chi connectivity index (χ0n) is 11.0. The molecular formula is C11H9N9O2. The van der Waals surface area contributed by atoms with Crippen LogP contribution in [0.5, 0.6) is 0 Å². The highest BCUT2D eigenvalue weighted by atomic mass is 16.1. The molecule has 0 saturated carbocycles. The second kappa shape index (κ2) is 4.25. The molecule has 0 aliphatic carbocycles. The van der Waals surface area contributed by atoms with Crippen LogP contribution in [0.1, 0.15) is 10.5 Å². The van der Waals surface area contributed by atoms with Crippen molar-refractivity contribution in [2.24, 2.45) is 5.73 Å². The maximum absolute atomic E-state index is 11.6. The number of amides is 1. The van der Waals surface area contributed by atoms with Crippen molar-refractivity contribution < 1.29 is 4.79 Å². The Balaban J connectivity index is 1.97. The average Bonchev–Trinajstić information content (AvgIpc) is 3.08. The summed E-state index contributed by atoms with van der Waals surface area (Å²) in [6, 6.07) is 0. The molecule has 0 bridgehead atoms. The number of primary amides is 1. The van der Waals surface area contributed by atoms with Gasteiger partial charge < -0.3 is 20.9 Å². The van der Waals surface area contributed by atoms with Crippen molar-refractivity contribution in [2.75, 3.05) is 16.9 Å². The quantitative estimate of drug-likeness (QED) is 0.471. The summed E-state index contributed by atoms with van der Waals surface area (Å²) in [6.07, 6.45) is 2.57. The Labute approximate surface area is 121 Å². The zero-order chi connectivity index (χ0) is 15.3. The van der Waals surface area contributed by atoms with E-state index in [1.54, 1.807) is 4.90 Å². The van der Waals surface area contributed by atoms with Crippen LogP contribution < -0.4 is 21.6 Å². The van der Waals surface area contributed by atoms with Crippen LogP contribution in [0.3, 0.4) is 0 Å². The molecule has 1 amide bonds. The van der Waals surface area contributed by atoms with E-state index < -0.39 is 11.6 Å². The molecule has 1 aliphatic rings. The summed E-state index contributed by atoms with van der Waals surface area (Å²) in [7, 11) is 0. The molecule has 110 valence electrons. The molecule has 0 fully saturated rings. The van der Waals surface area contributed by atoms with Gasteiger partial charge in [0, 0.05) is 0 Å². The van der Waals surface area contributed by atoms with Crippen LogP contribution in [0, 0.1) is 0 Å². The number of carbonyl (C=O) groups excluding carboxylic acids is 1. The monoisotopic (exact) mass is 299 g/mol. The lowest BCUT2D eigenvalue weighted by Crippen LogP contribution is -2.22. The number of nitrogens with zero attached hydrogens (tertiary/aromatic N) is 5. The third-order valence-electron chi connectivity index (χ3n) is 3.28. The molecule has 0 saturated heterocycles. The maximum Gasteiger partial charge on any atom is 0.325 e. The molecule has 1 aliphatic heterocycles. The summed E-state index contributed by atoms with van der Waals surface area (Å²) in [5.74, 6) is 0.195. The third-order valence-corrected chi connectivity index (χ3v) is 3.28. The van der Waals surface area contributed by atoms with Gasteiger partial charge in [0.05, 0.1) is 6.67 Å². The molecule has 22 heavy (non-hydrogen) atoms. The number of rotatable bonds is 2. The molecule has 3 aromatic heterocycles. The highest BCUT2D eigenvalue weighted by molar-refractivity contribution is 6.02. The van der Waals surface area contributed by atoms with Gasteiger partial charge in [-0.1, -0.05) is 0 Å². The fourth-order valence-corrected chi connectivity index (χ4v) is 2.40. The van der Waals surface area contributed by atoms with Crippen molar-refractivity contribution in [3.63, 3.8) is 0 Å². The van der Waals surface area contributed by atoms with Crippen molar-refractivity contribution in [1.29, 1.82) is 0 Å². The van der Waals surface area contributed by atoms with Crippen molar-refractivity contribution in [3.8, 4) is 0 Å². The number of H-pyrrole nitrogens is 2. The molecule has 3 aromatic rings. The van der Waals surface area contributed by atoms with Crippen LogP contribution in [0.4, 0.5) is 17.3 Å².